The van der Waals surface area contributed by atoms with Crippen molar-refractivity contribution in [1.29, 1.82) is 0 Å². The van der Waals surface area contributed by atoms with Gasteiger partial charge in [-0.05, 0) is 36.8 Å². The smallest absolute Gasteiger partial charge is 0.264 e. The highest BCUT2D eigenvalue weighted by Gasteiger charge is 2.18. The molecule has 0 radical (unpaired) electrons. The van der Waals surface area contributed by atoms with Crippen molar-refractivity contribution >= 4 is 42.9 Å². The van der Waals surface area contributed by atoms with Crippen LogP contribution in [-0.2, 0) is 15.7 Å². The number of benzene rings is 2. The van der Waals surface area contributed by atoms with Crippen LogP contribution < -0.4 is 4.74 Å². The van der Waals surface area contributed by atoms with E-state index >= 15 is 0 Å². The molecule has 0 aliphatic heterocycles. The summed E-state index contributed by atoms with van der Waals surface area (Å²) in [5.41, 5.74) is 1.34. The molecule has 0 amide bonds. The molecule has 2 aromatic carbocycles. The van der Waals surface area contributed by atoms with Gasteiger partial charge in [0, 0.05) is 26.3 Å². The lowest BCUT2D eigenvalue weighted by atomic mass is 10.2. The van der Waals surface area contributed by atoms with Crippen LogP contribution in [0.3, 0.4) is 0 Å². The third-order valence-corrected chi connectivity index (χ3v) is 4.85. The van der Waals surface area contributed by atoms with Crippen LogP contribution in [0, 0.1) is 6.92 Å². The van der Waals surface area contributed by atoms with Gasteiger partial charge in [-0.25, -0.2) is 8.42 Å². The van der Waals surface area contributed by atoms with Crippen LogP contribution in [0.15, 0.2) is 41.3 Å². The van der Waals surface area contributed by atoms with E-state index in [4.69, 9.17) is 38.6 Å². The van der Waals surface area contributed by atoms with Gasteiger partial charge >= 0.3 is 0 Å². The number of ether oxygens (including phenoxy) is 1. The van der Waals surface area contributed by atoms with Crippen molar-refractivity contribution in [2.45, 2.75) is 18.4 Å². The molecule has 0 aliphatic rings. The lowest BCUT2D eigenvalue weighted by molar-refractivity contribution is 0.298. The van der Waals surface area contributed by atoms with Crippen molar-refractivity contribution in [2.75, 3.05) is 0 Å². The second-order valence-electron chi connectivity index (χ2n) is 4.38. The largest absolute Gasteiger partial charge is 0.487 e. The minimum absolute atomic E-state index is 0.0426. The number of aryl methyl sites for hydroxylation is 1. The molecular formula is C14H11Cl3O3S. The molecule has 0 aromatic heterocycles. The zero-order chi connectivity index (χ0) is 15.6. The van der Waals surface area contributed by atoms with Gasteiger partial charge in [0.2, 0.25) is 0 Å². The monoisotopic (exact) mass is 364 g/mol. The van der Waals surface area contributed by atoms with Gasteiger partial charge in [0.1, 0.15) is 17.3 Å². The Morgan fingerprint density at radius 3 is 2.29 bits per heavy atom. The average Bonchev–Trinajstić information content (AvgIpc) is 2.38. The first-order chi connectivity index (χ1) is 9.79. The summed E-state index contributed by atoms with van der Waals surface area (Å²) in [4.78, 5) is -0.0765. The molecule has 0 aliphatic carbocycles. The van der Waals surface area contributed by atoms with E-state index in [2.05, 4.69) is 0 Å². The molecule has 2 rings (SSSR count). The normalized spacial score (nSPS) is 11.4. The van der Waals surface area contributed by atoms with Crippen LogP contribution in [0.1, 0.15) is 11.1 Å². The Bertz CT molecular complexity index is 753. The molecule has 0 unspecified atom stereocenters. The number of hydrogen-bond donors (Lipinski definition) is 0. The summed E-state index contributed by atoms with van der Waals surface area (Å²) in [5.74, 6) is 0.159. The molecule has 0 bridgehead atoms. The van der Waals surface area contributed by atoms with Crippen LogP contribution in [-0.4, -0.2) is 8.42 Å². The molecule has 21 heavy (non-hydrogen) atoms. The van der Waals surface area contributed by atoms with Gasteiger partial charge in [0.05, 0.1) is 0 Å². The van der Waals surface area contributed by atoms with E-state index in [0.29, 0.717) is 15.6 Å². The predicted molar refractivity (Wildman–Crippen MR) is 85.0 cm³/mol. The first-order valence-electron chi connectivity index (χ1n) is 5.90. The van der Waals surface area contributed by atoms with Crippen LogP contribution in [0.25, 0.3) is 0 Å². The summed E-state index contributed by atoms with van der Waals surface area (Å²) in [6.07, 6.45) is 0. The molecule has 3 nitrogen and oxygen atoms in total. The van der Waals surface area contributed by atoms with Gasteiger partial charge in [0.25, 0.3) is 9.05 Å². The first kappa shape index (κ1) is 16.4. The van der Waals surface area contributed by atoms with Crippen molar-refractivity contribution in [3.63, 3.8) is 0 Å². The Hall–Kier alpha value is -0.940. The summed E-state index contributed by atoms with van der Waals surface area (Å²) >= 11 is 12.1. The van der Waals surface area contributed by atoms with Gasteiger partial charge in [-0.3, -0.25) is 0 Å². The maximum Gasteiger partial charge on any atom is 0.264 e. The Balaban J connectivity index is 2.33. The summed E-state index contributed by atoms with van der Waals surface area (Å²) < 4.78 is 28.7. The fourth-order valence-electron chi connectivity index (χ4n) is 1.75. The minimum atomic E-state index is -3.90. The molecule has 0 saturated heterocycles. The van der Waals surface area contributed by atoms with Gasteiger partial charge in [-0.1, -0.05) is 35.3 Å². The molecule has 0 atom stereocenters. The van der Waals surface area contributed by atoms with Crippen molar-refractivity contribution in [3.05, 3.63) is 57.6 Å². The van der Waals surface area contributed by atoms with E-state index in [0.717, 1.165) is 5.56 Å². The predicted octanol–water partition coefficient (Wildman–Crippen LogP) is 4.81. The Kier molecular flexibility index (Phi) is 5.04. The summed E-state index contributed by atoms with van der Waals surface area (Å²) in [7, 11) is 1.52. The highest BCUT2D eigenvalue weighted by Crippen LogP contribution is 2.31. The highest BCUT2D eigenvalue weighted by molar-refractivity contribution is 8.13. The Morgan fingerprint density at radius 2 is 1.71 bits per heavy atom. The molecule has 0 saturated carbocycles. The zero-order valence-corrected chi connectivity index (χ0v) is 14.0. The third-order valence-electron chi connectivity index (χ3n) is 2.80. The molecule has 2 aromatic rings. The molecular weight excluding hydrogens is 355 g/mol. The fraction of sp³-hybridized carbons (Fsp3) is 0.143. The second kappa shape index (κ2) is 6.44. The van der Waals surface area contributed by atoms with Crippen molar-refractivity contribution < 1.29 is 13.2 Å². The molecule has 0 heterocycles. The van der Waals surface area contributed by atoms with E-state index in [-0.39, 0.29) is 17.3 Å². The van der Waals surface area contributed by atoms with Crippen LogP contribution >= 0.6 is 33.9 Å². The van der Waals surface area contributed by atoms with E-state index in [9.17, 15) is 8.42 Å². The van der Waals surface area contributed by atoms with Crippen molar-refractivity contribution in [1.82, 2.24) is 0 Å². The van der Waals surface area contributed by atoms with Gasteiger partial charge in [-0.2, -0.15) is 0 Å². The fourth-order valence-corrected chi connectivity index (χ4v) is 3.31. The molecule has 0 N–H and O–H groups in total. The number of hydrogen-bond acceptors (Lipinski definition) is 3. The van der Waals surface area contributed by atoms with E-state index in [1.807, 2.05) is 0 Å². The van der Waals surface area contributed by atoms with Crippen molar-refractivity contribution in [2.24, 2.45) is 0 Å². The maximum atomic E-state index is 11.6. The highest BCUT2D eigenvalue weighted by atomic mass is 35.7. The minimum Gasteiger partial charge on any atom is -0.487 e. The van der Waals surface area contributed by atoms with Crippen molar-refractivity contribution in [3.8, 4) is 5.75 Å². The van der Waals surface area contributed by atoms with Gasteiger partial charge in [0.15, 0.2) is 0 Å². The van der Waals surface area contributed by atoms with E-state index in [1.165, 1.54) is 6.07 Å². The standard InChI is InChI=1S/C14H11Cl3O3S/c1-9-5-6-13(14(7-9)21(17,18)19)20-8-10-11(15)3-2-4-12(10)16/h2-7H,8H2,1H3. The number of rotatable bonds is 4. The SMILES string of the molecule is Cc1ccc(OCc2c(Cl)cccc2Cl)c(S(=O)(=O)Cl)c1. The average molecular weight is 366 g/mol. The quantitative estimate of drug-likeness (QED) is 0.730. The molecule has 7 heteroatoms. The lowest BCUT2D eigenvalue weighted by Gasteiger charge is -2.12. The second-order valence-corrected chi connectivity index (χ2v) is 7.73. The van der Waals surface area contributed by atoms with Crippen LogP contribution in [0.5, 0.6) is 5.75 Å². The molecule has 0 fully saturated rings. The Labute approximate surface area is 137 Å². The van der Waals surface area contributed by atoms with E-state index in [1.54, 1.807) is 37.3 Å². The van der Waals surface area contributed by atoms with Crippen LogP contribution in [0.2, 0.25) is 10.0 Å². The van der Waals surface area contributed by atoms with Gasteiger partial charge in [-0.15, -0.1) is 0 Å². The summed E-state index contributed by atoms with van der Waals surface area (Å²) in [6.45, 7) is 1.81. The molecule has 0 spiro atoms. The zero-order valence-electron chi connectivity index (χ0n) is 10.9. The number of halogens is 3. The Morgan fingerprint density at radius 1 is 1.10 bits per heavy atom. The van der Waals surface area contributed by atoms with Gasteiger partial charge < -0.3 is 4.74 Å². The maximum absolute atomic E-state index is 11.6. The topological polar surface area (TPSA) is 43.4 Å². The third kappa shape index (κ3) is 4.04. The lowest BCUT2D eigenvalue weighted by Crippen LogP contribution is -2.02. The van der Waals surface area contributed by atoms with Crippen LogP contribution in [0.4, 0.5) is 0 Å². The molecule has 112 valence electrons. The van der Waals surface area contributed by atoms with E-state index < -0.39 is 9.05 Å². The summed E-state index contributed by atoms with van der Waals surface area (Å²) in [6, 6.07) is 9.81. The summed E-state index contributed by atoms with van der Waals surface area (Å²) in [5, 5.41) is 0.898. The first-order valence-corrected chi connectivity index (χ1v) is 8.96.